The van der Waals surface area contributed by atoms with E-state index in [9.17, 15) is 37.7 Å². The van der Waals surface area contributed by atoms with E-state index in [1.807, 2.05) is 5.32 Å². The minimum atomic E-state index is -5.11. The average Bonchev–Trinajstić information content (AvgIpc) is 2.81. The number of aromatic nitrogens is 1. The van der Waals surface area contributed by atoms with Crippen molar-refractivity contribution in [2.24, 2.45) is 0 Å². The van der Waals surface area contributed by atoms with Gasteiger partial charge in [-0.05, 0) is 22.0 Å². The Bertz CT molecular complexity index is 1130. The molecule has 0 unspecified atom stereocenters. The molecular formula is C14H6BrF3N4O6. The monoisotopic (exact) mass is 462 g/mol. The molecule has 0 aliphatic carbocycles. The number of nitrogens with zero attached hydrogens (tertiary/aromatic N) is 2. The highest BCUT2D eigenvalue weighted by molar-refractivity contribution is 9.10. The van der Waals surface area contributed by atoms with Crippen LogP contribution in [0.3, 0.4) is 0 Å². The third-order valence-electron chi connectivity index (χ3n) is 3.62. The molecule has 14 heteroatoms. The van der Waals surface area contributed by atoms with Gasteiger partial charge in [-0.2, -0.15) is 0 Å². The van der Waals surface area contributed by atoms with Gasteiger partial charge in [0, 0.05) is 6.07 Å². The number of anilines is 1. The first-order chi connectivity index (χ1) is 12.9. The van der Waals surface area contributed by atoms with Gasteiger partial charge in [-0.15, -0.1) is 13.2 Å². The van der Waals surface area contributed by atoms with Gasteiger partial charge in [-0.25, -0.2) is 0 Å². The van der Waals surface area contributed by atoms with Gasteiger partial charge in [0.05, 0.1) is 26.6 Å². The second-order valence-corrected chi connectivity index (χ2v) is 6.21. The maximum Gasteiger partial charge on any atom is 0.573 e. The van der Waals surface area contributed by atoms with Crippen LogP contribution in [0.5, 0.6) is 5.75 Å². The molecule has 3 N–H and O–H groups in total. The first-order valence-corrected chi connectivity index (χ1v) is 7.85. The maximum absolute atomic E-state index is 12.4. The number of carbonyl (C=O) groups excluding carboxylic acids is 2. The van der Waals surface area contributed by atoms with Crippen LogP contribution < -0.4 is 21.3 Å². The molecule has 0 saturated carbocycles. The van der Waals surface area contributed by atoms with Crippen LogP contribution in [0.1, 0.15) is 20.7 Å². The van der Waals surface area contributed by atoms with Crippen LogP contribution in [0, 0.1) is 10.1 Å². The molecule has 1 aliphatic heterocycles. The number of nitro benzene ring substituents is 1. The van der Waals surface area contributed by atoms with Gasteiger partial charge in [0.25, 0.3) is 23.1 Å². The molecule has 0 saturated heterocycles. The number of pyridine rings is 1. The van der Waals surface area contributed by atoms with E-state index in [0.29, 0.717) is 10.6 Å². The number of halogens is 4. The number of alkyl halides is 3. The van der Waals surface area contributed by atoms with E-state index in [1.54, 1.807) is 0 Å². The van der Waals surface area contributed by atoms with Gasteiger partial charge in [-0.3, -0.25) is 34.4 Å². The molecular weight excluding hydrogens is 457 g/mol. The summed E-state index contributed by atoms with van der Waals surface area (Å²) in [5, 5.41) is 13.3. The lowest BCUT2D eigenvalue weighted by atomic mass is 10.1. The Hall–Kier alpha value is -3.42. The van der Waals surface area contributed by atoms with Crippen molar-refractivity contribution in [2.45, 2.75) is 6.36 Å². The zero-order valence-electron chi connectivity index (χ0n) is 13.2. The molecule has 1 aromatic carbocycles. The number of fused-ring (bicyclic) bond motifs is 1. The quantitative estimate of drug-likeness (QED) is 0.402. The molecule has 2 aromatic rings. The van der Waals surface area contributed by atoms with Crippen LogP contribution in [0.4, 0.5) is 24.7 Å². The van der Waals surface area contributed by atoms with Crippen LogP contribution in [0.25, 0.3) is 5.69 Å². The van der Waals surface area contributed by atoms with E-state index >= 15 is 0 Å². The van der Waals surface area contributed by atoms with Crippen LogP contribution in [0.15, 0.2) is 27.5 Å². The molecule has 10 nitrogen and oxygen atoms in total. The van der Waals surface area contributed by atoms with E-state index < -0.39 is 51.6 Å². The molecule has 1 aliphatic rings. The Labute approximate surface area is 160 Å². The highest BCUT2D eigenvalue weighted by atomic mass is 79.9. The lowest BCUT2D eigenvalue weighted by Gasteiger charge is -2.15. The highest BCUT2D eigenvalue weighted by Crippen LogP contribution is 2.38. The van der Waals surface area contributed by atoms with Gasteiger partial charge < -0.3 is 10.5 Å². The predicted molar refractivity (Wildman–Crippen MR) is 89.3 cm³/mol. The number of hydrogen-bond acceptors (Lipinski definition) is 7. The summed E-state index contributed by atoms with van der Waals surface area (Å²) < 4.78 is 41.1. The van der Waals surface area contributed by atoms with E-state index in [2.05, 4.69) is 20.7 Å². The zero-order chi connectivity index (χ0) is 21.0. The Morgan fingerprint density at radius 1 is 1.18 bits per heavy atom. The molecule has 0 bridgehead atoms. The topological polar surface area (TPSA) is 147 Å². The summed E-state index contributed by atoms with van der Waals surface area (Å²) in [6.45, 7) is 0. The Morgan fingerprint density at radius 2 is 1.82 bits per heavy atom. The minimum Gasteiger partial charge on any atom is -0.405 e. The van der Waals surface area contributed by atoms with Crippen molar-refractivity contribution >= 4 is 39.2 Å². The summed E-state index contributed by atoms with van der Waals surface area (Å²) in [6, 6.07) is 1.92. The second-order valence-electron chi connectivity index (χ2n) is 5.35. The molecule has 1 aromatic heterocycles. The first kappa shape index (κ1) is 19.3. The fraction of sp³-hybridized carbons (Fsp3) is 0.0714. The number of hydrogen-bond donors (Lipinski definition) is 2. The number of rotatable bonds is 3. The van der Waals surface area contributed by atoms with Crippen LogP contribution >= 0.6 is 15.9 Å². The summed E-state index contributed by atoms with van der Waals surface area (Å²) in [7, 11) is 0. The fourth-order valence-electron chi connectivity index (χ4n) is 2.62. The fourth-order valence-corrected chi connectivity index (χ4v) is 3.23. The summed E-state index contributed by atoms with van der Waals surface area (Å²) in [5.74, 6) is -3.32. The molecule has 0 atom stereocenters. The van der Waals surface area contributed by atoms with Gasteiger partial charge in [0.2, 0.25) is 0 Å². The molecule has 0 fully saturated rings. The molecule has 3 rings (SSSR count). The summed E-state index contributed by atoms with van der Waals surface area (Å²) in [5.41, 5.74) is 2.56. The van der Waals surface area contributed by atoms with Crippen molar-refractivity contribution in [3.8, 4) is 11.4 Å². The van der Waals surface area contributed by atoms with Gasteiger partial charge in [0.1, 0.15) is 17.3 Å². The normalized spacial score (nSPS) is 13.3. The number of benzene rings is 1. The second kappa shape index (κ2) is 6.33. The van der Waals surface area contributed by atoms with Crippen molar-refractivity contribution in [3.05, 3.63) is 54.3 Å². The van der Waals surface area contributed by atoms with Crippen LogP contribution in [0.2, 0.25) is 0 Å². The van der Waals surface area contributed by atoms with Gasteiger partial charge in [-0.1, -0.05) is 0 Å². The van der Waals surface area contributed by atoms with Crippen molar-refractivity contribution in [3.63, 3.8) is 0 Å². The van der Waals surface area contributed by atoms with Crippen molar-refractivity contribution < 1.29 is 32.4 Å². The molecule has 2 amide bonds. The molecule has 2 heterocycles. The third kappa shape index (κ3) is 3.17. The van der Waals surface area contributed by atoms with Gasteiger partial charge >= 0.3 is 6.36 Å². The number of amides is 2. The number of nitro groups is 1. The molecule has 28 heavy (non-hydrogen) atoms. The Balaban J connectivity index is 2.32. The summed E-state index contributed by atoms with van der Waals surface area (Å²) in [4.78, 5) is 46.3. The highest BCUT2D eigenvalue weighted by Gasteiger charge is 2.35. The standard InChI is InChI=1S/C14H6BrF3N4O6/c15-6-1-4(28-14(16,17)18)2-7(22(26)27)10(6)21-8(23)3-5-9(11(21)19)13(25)20-12(5)24/h1-3H,19H2,(H,20,24,25). The van der Waals surface area contributed by atoms with Crippen LogP contribution in [-0.2, 0) is 0 Å². The Morgan fingerprint density at radius 3 is 2.39 bits per heavy atom. The van der Waals surface area contributed by atoms with Crippen molar-refractivity contribution in [1.82, 2.24) is 9.88 Å². The Kier molecular flexibility index (Phi) is 4.37. The average molecular weight is 463 g/mol. The number of nitrogens with one attached hydrogen (secondary N) is 1. The lowest BCUT2D eigenvalue weighted by molar-refractivity contribution is -0.384. The molecule has 146 valence electrons. The summed E-state index contributed by atoms with van der Waals surface area (Å²) in [6.07, 6.45) is -5.11. The third-order valence-corrected chi connectivity index (χ3v) is 4.23. The lowest BCUT2D eigenvalue weighted by Crippen LogP contribution is -2.25. The SMILES string of the molecule is Nc1c2c(cc(=O)n1-c1c(Br)cc(OC(F)(F)F)cc1[N+](=O)[O-])C(=O)NC2=O. The molecule has 0 spiro atoms. The predicted octanol–water partition coefficient (Wildman–Crippen LogP) is 1.87. The van der Waals surface area contributed by atoms with E-state index in [1.165, 1.54) is 0 Å². The maximum atomic E-state index is 12.4. The summed E-state index contributed by atoms with van der Waals surface area (Å²) >= 11 is 2.85. The smallest absolute Gasteiger partial charge is 0.405 e. The van der Waals surface area contributed by atoms with Gasteiger partial charge in [0.15, 0.2) is 0 Å². The van der Waals surface area contributed by atoms with Crippen LogP contribution in [-0.4, -0.2) is 27.7 Å². The number of nitrogens with two attached hydrogens (primary N) is 1. The van der Waals surface area contributed by atoms with E-state index in [-0.39, 0.29) is 15.6 Å². The van der Waals surface area contributed by atoms with E-state index in [4.69, 9.17) is 5.73 Å². The first-order valence-electron chi connectivity index (χ1n) is 7.06. The van der Waals surface area contributed by atoms with Crippen molar-refractivity contribution in [2.75, 3.05) is 5.73 Å². The largest absolute Gasteiger partial charge is 0.573 e. The number of carbonyl (C=O) groups is 2. The van der Waals surface area contributed by atoms with E-state index in [0.717, 1.165) is 12.1 Å². The van der Waals surface area contributed by atoms with Crippen molar-refractivity contribution in [1.29, 1.82) is 0 Å². The number of nitrogen functional groups attached to an aromatic ring is 1. The number of ether oxygens (including phenoxy) is 1. The zero-order valence-corrected chi connectivity index (χ0v) is 14.8. The number of imide groups is 1. The minimum absolute atomic E-state index is 0.320. The molecule has 0 radical (unpaired) electrons.